The van der Waals surface area contributed by atoms with Crippen LogP contribution in [0.25, 0.3) is 6.08 Å². The van der Waals surface area contributed by atoms with Gasteiger partial charge in [-0.05, 0) is 25.1 Å². The van der Waals surface area contributed by atoms with E-state index in [4.69, 9.17) is 11.0 Å². The molecule has 0 spiro atoms. The van der Waals surface area contributed by atoms with Gasteiger partial charge < -0.3 is 5.73 Å². The molecule has 2 N–H and O–H groups in total. The number of pyridine rings is 1. The molecule has 1 aromatic rings. The van der Waals surface area contributed by atoms with Gasteiger partial charge in [0.15, 0.2) is 0 Å². The van der Waals surface area contributed by atoms with Crippen LogP contribution in [0.5, 0.6) is 0 Å². The third-order valence-electron chi connectivity index (χ3n) is 1.65. The second-order valence-corrected chi connectivity index (χ2v) is 2.68. The van der Waals surface area contributed by atoms with Crippen LogP contribution in [0, 0.1) is 18.3 Å². The van der Waals surface area contributed by atoms with Gasteiger partial charge >= 0.3 is 0 Å². The summed E-state index contributed by atoms with van der Waals surface area (Å²) in [5.74, 6) is 0. The molecule has 3 heteroatoms. The van der Waals surface area contributed by atoms with Crippen molar-refractivity contribution in [3.8, 4) is 6.07 Å². The van der Waals surface area contributed by atoms with Gasteiger partial charge in [-0.25, -0.2) is 0 Å². The Labute approximate surface area is 77.5 Å². The summed E-state index contributed by atoms with van der Waals surface area (Å²) in [5.41, 5.74) is 7.95. The van der Waals surface area contributed by atoms with E-state index >= 15 is 0 Å². The Morgan fingerprint density at radius 3 is 3.00 bits per heavy atom. The van der Waals surface area contributed by atoms with Crippen LogP contribution in [-0.2, 0) is 0 Å². The predicted molar refractivity (Wildman–Crippen MR) is 52.7 cm³/mol. The minimum Gasteiger partial charge on any atom is -0.397 e. The number of rotatable bonds is 2. The molecular formula is C10H11N3. The average Bonchev–Trinajstić information content (AvgIpc) is 2.12. The first kappa shape index (κ1) is 9.27. The largest absolute Gasteiger partial charge is 0.397 e. The fourth-order valence-corrected chi connectivity index (χ4v) is 0.916. The van der Waals surface area contributed by atoms with Gasteiger partial charge in [-0.1, -0.05) is 6.08 Å². The van der Waals surface area contributed by atoms with Crippen molar-refractivity contribution in [1.82, 2.24) is 4.98 Å². The highest BCUT2D eigenvalue weighted by Gasteiger charge is 1.94. The van der Waals surface area contributed by atoms with Crippen molar-refractivity contribution in [3.05, 3.63) is 29.6 Å². The molecule has 1 heterocycles. The zero-order chi connectivity index (χ0) is 9.68. The molecule has 0 fully saturated rings. The second-order valence-electron chi connectivity index (χ2n) is 2.68. The van der Waals surface area contributed by atoms with Crippen molar-refractivity contribution < 1.29 is 0 Å². The maximum absolute atomic E-state index is 8.30. The number of aryl methyl sites for hydroxylation is 1. The number of aromatic nitrogens is 1. The first-order valence-electron chi connectivity index (χ1n) is 4.00. The standard InChI is InChI=1S/C10H11N3/c1-8-10(12)6-5-9(13-8)4-2-3-7-11/h2,4-6H,3,12H2,1H3. The van der Waals surface area contributed by atoms with Crippen molar-refractivity contribution in [1.29, 1.82) is 5.26 Å². The normalized spacial score (nSPS) is 10.2. The minimum absolute atomic E-state index is 0.408. The number of hydrogen-bond acceptors (Lipinski definition) is 3. The lowest BCUT2D eigenvalue weighted by Gasteiger charge is -1.98. The summed E-state index contributed by atoms with van der Waals surface area (Å²) in [6.45, 7) is 1.86. The number of allylic oxidation sites excluding steroid dienone is 1. The topological polar surface area (TPSA) is 62.7 Å². The van der Waals surface area contributed by atoms with Crippen LogP contribution in [0.1, 0.15) is 17.8 Å². The summed E-state index contributed by atoms with van der Waals surface area (Å²) in [4.78, 5) is 4.22. The second kappa shape index (κ2) is 4.27. The predicted octanol–water partition coefficient (Wildman–Crippen LogP) is 1.90. The molecule has 13 heavy (non-hydrogen) atoms. The molecule has 0 aliphatic heterocycles. The van der Waals surface area contributed by atoms with Crippen LogP contribution in [-0.4, -0.2) is 4.98 Å². The summed E-state index contributed by atoms with van der Waals surface area (Å²) in [7, 11) is 0. The van der Waals surface area contributed by atoms with E-state index in [0.29, 0.717) is 12.1 Å². The molecule has 0 atom stereocenters. The molecule has 1 aromatic heterocycles. The Kier molecular flexibility index (Phi) is 3.04. The zero-order valence-electron chi connectivity index (χ0n) is 7.49. The van der Waals surface area contributed by atoms with Crippen LogP contribution in [0.15, 0.2) is 18.2 Å². The van der Waals surface area contributed by atoms with Crippen LogP contribution in [0.2, 0.25) is 0 Å². The Balaban J connectivity index is 2.81. The number of nitriles is 1. The fourth-order valence-electron chi connectivity index (χ4n) is 0.916. The van der Waals surface area contributed by atoms with Crippen molar-refractivity contribution in [2.75, 3.05) is 5.73 Å². The molecular weight excluding hydrogens is 162 g/mol. The Morgan fingerprint density at radius 1 is 1.62 bits per heavy atom. The van der Waals surface area contributed by atoms with Crippen molar-refractivity contribution in [2.24, 2.45) is 0 Å². The van der Waals surface area contributed by atoms with Crippen LogP contribution >= 0.6 is 0 Å². The van der Waals surface area contributed by atoms with Gasteiger partial charge in [-0.3, -0.25) is 4.98 Å². The van der Waals surface area contributed by atoms with Crippen LogP contribution in [0.4, 0.5) is 5.69 Å². The van der Waals surface area contributed by atoms with E-state index in [1.807, 2.05) is 31.2 Å². The van der Waals surface area contributed by atoms with E-state index in [-0.39, 0.29) is 0 Å². The molecule has 0 saturated carbocycles. The number of anilines is 1. The molecule has 0 bridgehead atoms. The number of nitrogen functional groups attached to an aromatic ring is 1. The third-order valence-corrected chi connectivity index (χ3v) is 1.65. The van der Waals surface area contributed by atoms with Crippen molar-refractivity contribution in [2.45, 2.75) is 13.3 Å². The van der Waals surface area contributed by atoms with Crippen LogP contribution in [0.3, 0.4) is 0 Å². The SMILES string of the molecule is Cc1nc(C=CCC#N)ccc1N. The van der Waals surface area contributed by atoms with E-state index in [9.17, 15) is 0 Å². The maximum Gasteiger partial charge on any atom is 0.0663 e. The highest BCUT2D eigenvalue weighted by molar-refractivity contribution is 5.51. The van der Waals surface area contributed by atoms with E-state index in [0.717, 1.165) is 11.4 Å². The highest BCUT2D eigenvalue weighted by atomic mass is 14.7. The van der Waals surface area contributed by atoms with E-state index < -0.39 is 0 Å². The Morgan fingerprint density at radius 2 is 2.38 bits per heavy atom. The van der Waals surface area contributed by atoms with Crippen molar-refractivity contribution in [3.63, 3.8) is 0 Å². The molecule has 0 aliphatic rings. The Bertz CT molecular complexity index is 361. The highest BCUT2D eigenvalue weighted by Crippen LogP contribution is 2.09. The van der Waals surface area contributed by atoms with E-state index in [2.05, 4.69) is 4.98 Å². The summed E-state index contributed by atoms with van der Waals surface area (Å²) in [6, 6.07) is 5.67. The van der Waals surface area contributed by atoms with Gasteiger partial charge in [0.1, 0.15) is 0 Å². The van der Waals surface area contributed by atoms with Crippen molar-refractivity contribution >= 4 is 11.8 Å². The minimum atomic E-state index is 0.408. The lowest BCUT2D eigenvalue weighted by atomic mass is 10.2. The summed E-state index contributed by atoms with van der Waals surface area (Å²) in [5, 5.41) is 8.30. The molecule has 3 nitrogen and oxygen atoms in total. The number of nitrogens with zero attached hydrogens (tertiary/aromatic N) is 2. The summed E-state index contributed by atoms with van der Waals surface area (Å²) in [6.07, 6.45) is 4.00. The summed E-state index contributed by atoms with van der Waals surface area (Å²) < 4.78 is 0. The van der Waals surface area contributed by atoms with Gasteiger partial charge in [0, 0.05) is 0 Å². The molecule has 0 amide bonds. The molecule has 0 saturated heterocycles. The lowest BCUT2D eigenvalue weighted by Crippen LogP contribution is -1.93. The smallest absolute Gasteiger partial charge is 0.0663 e. The van der Waals surface area contributed by atoms with Gasteiger partial charge in [-0.2, -0.15) is 5.26 Å². The molecule has 66 valence electrons. The maximum atomic E-state index is 8.30. The molecule has 0 radical (unpaired) electrons. The van der Waals surface area contributed by atoms with Gasteiger partial charge in [-0.15, -0.1) is 0 Å². The first-order valence-corrected chi connectivity index (χ1v) is 4.00. The average molecular weight is 173 g/mol. The number of hydrogen-bond donors (Lipinski definition) is 1. The molecule has 0 aromatic carbocycles. The number of nitrogens with two attached hydrogens (primary N) is 1. The summed E-state index contributed by atoms with van der Waals surface area (Å²) >= 11 is 0. The zero-order valence-corrected chi connectivity index (χ0v) is 7.49. The van der Waals surface area contributed by atoms with Gasteiger partial charge in [0.2, 0.25) is 0 Å². The molecule has 0 unspecified atom stereocenters. The van der Waals surface area contributed by atoms with E-state index in [1.54, 1.807) is 6.08 Å². The monoisotopic (exact) mass is 173 g/mol. The Hall–Kier alpha value is -1.82. The first-order chi connectivity index (χ1) is 6.24. The third kappa shape index (κ3) is 2.60. The lowest BCUT2D eigenvalue weighted by molar-refractivity contribution is 1.18. The van der Waals surface area contributed by atoms with E-state index in [1.165, 1.54) is 0 Å². The molecule has 1 rings (SSSR count). The molecule has 0 aliphatic carbocycles. The quantitative estimate of drug-likeness (QED) is 0.742. The van der Waals surface area contributed by atoms with Gasteiger partial charge in [0.05, 0.1) is 29.6 Å². The van der Waals surface area contributed by atoms with Crippen LogP contribution < -0.4 is 5.73 Å². The fraction of sp³-hybridized carbons (Fsp3) is 0.200. The van der Waals surface area contributed by atoms with Gasteiger partial charge in [0.25, 0.3) is 0 Å².